The summed E-state index contributed by atoms with van der Waals surface area (Å²) < 4.78 is 0. The molecule has 1 unspecified atom stereocenters. The Kier molecular flexibility index (Phi) is 8.28. The van der Waals surface area contributed by atoms with E-state index in [1.807, 2.05) is 29.4 Å². The van der Waals surface area contributed by atoms with Gasteiger partial charge in [-0.1, -0.05) is 30.3 Å². The number of hydrogen-bond donors (Lipinski definition) is 2. The molecule has 1 aromatic rings. The zero-order valence-electron chi connectivity index (χ0n) is 14.9. The topological polar surface area (TPSA) is 75.4 Å². The fourth-order valence-corrected chi connectivity index (χ4v) is 3.50. The lowest BCUT2D eigenvalue weighted by Gasteiger charge is -2.33. The van der Waals surface area contributed by atoms with Gasteiger partial charge >= 0.3 is 0 Å². The number of nitrogens with one attached hydrogen (secondary N) is 1. The van der Waals surface area contributed by atoms with Crippen LogP contribution in [0.15, 0.2) is 30.3 Å². The minimum absolute atomic E-state index is 0.0668. The van der Waals surface area contributed by atoms with Gasteiger partial charge in [0.1, 0.15) is 0 Å². The van der Waals surface area contributed by atoms with Crippen LogP contribution in [0, 0.1) is 0 Å². The minimum atomic E-state index is -0.432. The maximum atomic E-state index is 12.3. The van der Waals surface area contributed by atoms with Crippen molar-refractivity contribution >= 4 is 23.6 Å². The Morgan fingerprint density at radius 3 is 2.60 bits per heavy atom. The number of hydrogen-bond acceptors (Lipinski definition) is 4. The normalized spacial score (nSPS) is 16.5. The Morgan fingerprint density at radius 2 is 1.96 bits per heavy atom. The van der Waals surface area contributed by atoms with Crippen molar-refractivity contribution in [3.8, 4) is 0 Å². The lowest BCUT2D eigenvalue weighted by atomic mass is 10.0. The number of aryl methyl sites for hydroxylation is 1. The molecule has 0 radical (unpaired) electrons. The van der Waals surface area contributed by atoms with Gasteiger partial charge in [-0.3, -0.25) is 9.59 Å². The molecule has 1 heterocycles. The summed E-state index contributed by atoms with van der Waals surface area (Å²) in [5.41, 5.74) is 7.09. The molecule has 1 fully saturated rings. The smallest absolute Gasteiger partial charge is 0.237 e. The van der Waals surface area contributed by atoms with E-state index in [2.05, 4.69) is 17.4 Å². The van der Waals surface area contributed by atoms with Crippen LogP contribution in [0.25, 0.3) is 0 Å². The number of nitrogens with zero attached hydrogens (tertiary/aromatic N) is 1. The van der Waals surface area contributed by atoms with Crippen LogP contribution in [0.4, 0.5) is 0 Å². The lowest BCUT2D eigenvalue weighted by molar-refractivity contribution is -0.132. The van der Waals surface area contributed by atoms with Gasteiger partial charge in [0.15, 0.2) is 0 Å². The van der Waals surface area contributed by atoms with E-state index in [9.17, 15) is 9.59 Å². The predicted octanol–water partition coefficient (Wildman–Crippen LogP) is 1.81. The molecule has 0 aromatic heterocycles. The summed E-state index contributed by atoms with van der Waals surface area (Å²) in [5.74, 6) is 1.02. The maximum Gasteiger partial charge on any atom is 0.237 e. The third-order valence-electron chi connectivity index (χ3n) is 4.63. The molecule has 0 aliphatic carbocycles. The van der Waals surface area contributed by atoms with E-state index >= 15 is 0 Å². The van der Waals surface area contributed by atoms with Gasteiger partial charge in [0, 0.05) is 25.6 Å². The summed E-state index contributed by atoms with van der Waals surface area (Å²) >= 11 is 1.70. The van der Waals surface area contributed by atoms with Gasteiger partial charge < -0.3 is 16.0 Å². The molecule has 3 N–H and O–H groups in total. The predicted molar refractivity (Wildman–Crippen MR) is 103 cm³/mol. The van der Waals surface area contributed by atoms with Gasteiger partial charge in [-0.15, -0.1) is 0 Å². The van der Waals surface area contributed by atoms with Gasteiger partial charge in [0.25, 0.3) is 0 Å². The van der Waals surface area contributed by atoms with Crippen LogP contribution in [-0.4, -0.2) is 53.9 Å². The van der Waals surface area contributed by atoms with Crippen LogP contribution in [0.2, 0.25) is 0 Å². The first-order chi connectivity index (χ1) is 12.1. The first-order valence-electron chi connectivity index (χ1n) is 8.96. The molecule has 0 bridgehead atoms. The Labute approximate surface area is 154 Å². The largest absolute Gasteiger partial charge is 0.352 e. The van der Waals surface area contributed by atoms with Crippen molar-refractivity contribution in [3.05, 3.63) is 35.9 Å². The van der Waals surface area contributed by atoms with Gasteiger partial charge in [0.2, 0.25) is 11.8 Å². The summed E-state index contributed by atoms with van der Waals surface area (Å²) in [7, 11) is 0. The molecule has 25 heavy (non-hydrogen) atoms. The highest BCUT2D eigenvalue weighted by molar-refractivity contribution is 7.98. The molecule has 2 amide bonds. The summed E-state index contributed by atoms with van der Waals surface area (Å²) in [6.45, 7) is 1.41. The highest BCUT2D eigenvalue weighted by atomic mass is 32.2. The van der Waals surface area contributed by atoms with Crippen molar-refractivity contribution in [2.24, 2.45) is 5.73 Å². The number of benzene rings is 1. The average Bonchev–Trinajstić information content (AvgIpc) is 2.65. The summed E-state index contributed by atoms with van der Waals surface area (Å²) in [6.07, 6.45) is 5.64. The fourth-order valence-electron chi connectivity index (χ4n) is 3.01. The van der Waals surface area contributed by atoms with Crippen molar-refractivity contribution < 1.29 is 9.59 Å². The van der Waals surface area contributed by atoms with E-state index in [1.165, 1.54) is 5.56 Å². The molecule has 0 spiro atoms. The first kappa shape index (κ1) is 19.8. The molecular weight excluding hydrogens is 334 g/mol. The van der Waals surface area contributed by atoms with E-state index in [0.29, 0.717) is 25.9 Å². The number of thioether (sulfide) groups is 1. The Morgan fingerprint density at radius 1 is 1.28 bits per heavy atom. The van der Waals surface area contributed by atoms with Crippen molar-refractivity contribution in [2.75, 3.05) is 25.1 Å². The van der Waals surface area contributed by atoms with Crippen LogP contribution < -0.4 is 11.1 Å². The number of likely N-dealkylation sites (tertiary alicyclic amines) is 1. The molecule has 0 saturated carbocycles. The Hall–Kier alpha value is -1.53. The molecule has 5 nitrogen and oxygen atoms in total. The van der Waals surface area contributed by atoms with Crippen molar-refractivity contribution in [2.45, 2.75) is 44.2 Å². The highest BCUT2D eigenvalue weighted by Gasteiger charge is 2.25. The molecule has 1 aliphatic heterocycles. The van der Waals surface area contributed by atoms with Gasteiger partial charge in [-0.25, -0.2) is 0 Å². The maximum absolute atomic E-state index is 12.3. The van der Waals surface area contributed by atoms with Crippen molar-refractivity contribution in [3.63, 3.8) is 0 Å². The third-order valence-corrected chi connectivity index (χ3v) is 5.28. The van der Waals surface area contributed by atoms with Crippen LogP contribution in [-0.2, 0) is 16.0 Å². The molecule has 6 heteroatoms. The molecule has 1 aromatic carbocycles. The summed E-state index contributed by atoms with van der Waals surface area (Å²) in [4.78, 5) is 26.3. The number of piperidine rings is 1. The van der Waals surface area contributed by atoms with E-state index in [1.54, 1.807) is 11.8 Å². The number of nitrogens with two attached hydrogens (primary N) is 1. The number of carbonyl (C=O) groups excluding carboxylic acids is 2. The summed E-state index contributed by atoms with van der Waals surface area (Å²) in [5, 5.41) is 3.03. The number of rotatable bonds is 8. The van der Waals surface area contributed by atoms with Crippen LogP contribution in [0.3, 0.4) is 0 Å². The molecule has 1 atom stereocenters. The molecular formula is C19H29N3O2S. The van der Waals surface area contributed by atoms with E-state index in [0.717, 1.165) is 25.0 Å². The van der Waals surface area contributed by atoms with Crippen LogP contribution in [0.1, 0.15) is 31.2 Å². The van der Waals surface area contributed by atoms with Crippen LogP contribution in [0.5, 0.6) is 0 Å². The first-order valence-corrected chi connectivity index (χ1v) is 10.4. The molecule has 2 rings (SSSR count). The van der Waals surface area contributed by atoms with Crippen LogP contribution >= 0.6 is 11.8 Å². The highest BCUT2D eigenvalue weighted by Crippen LogP contribution is 2.13. The monoisotopic (exact) mass is 363 g/mol. The van der Waals surface area contributed by atoms with Gasteiger partial charge in [-0.2, -0.15) is 11.8 Å². The minimum Gasteiger partial charge on any atom is -0.352 e. The molecule has 138 valence electrons. The van der Waals surface area contributed by atoms with Crippen molar-refractivity contribution in [1.29, 1.82) is 0 Å². The van der Waals surface area contributed by atoms with E-state index in [-0.39, 0.29) is 17.9 Å². The fraction of sp³-hybridized carbons (Fsp3) is 0.579. The SMILES string of the molecule is CSCCC(N)C(=O)NC1CCN(C(=O)CCc2ccccc2)CC1. The lowest BCUT2D eigenvalue weighted by Crippen LogP contribution is -2.50. The number of amides is 2. The summed E-state index contributed by atoms with van der Waals surface area (Å²) in [6, 6.07) is 9.78. The van der Waals surface area contributed by atoms with E-state index in [4.69, 9.17) is 5.73 Å². The number of carbonyl (C=O) groups is 2. The Balaban J connectivity index is 1.68. The third kappa shape index (κ3) is 6.71. The van der Waals surface area contributed by atoms with E-state index < -0.39 is 6.04 Å². The second-order valence-electron chi connectivity index (χ2n) is 6.54. The zero-order valence-corrected chi connectivity index (χ0v) is 15.8. The standard InChI is InChI=1S/C19H29N3O2S/c1-25-14-11-17(20)19(24)21-16-9-12-22(13-10-16)18(23)8-7-15-5-3-2-4-6-15/h2-6,16-17H,7-14,20H2,1H3,(H,21,24). The second-order valence-corrected chi connectivity index (χ2v) is 7.52. The van der Waals surface area contributed by atoms with Gasteiger partial charge in [-0.05, 0) is 43.3 Å². The quantitative estimate of drug-likeness (QED) is 0.739. The second kappa shape index (κ2) is 10.5. The van der Waals surface area contributed by atoms with Crippen molar-refractivity contribution in [1.82, 2.24) is 10.2 Å². The van der Waals surface area contributed by atoms with Gasteiger partial charge in [0.05, 0.1) is 6.04 Å². The Bertz CT molecular complexity index is 545. The zero-order chi connectivity index (χ0) is 18.1. The average molecular weight is 364 g/mol. The molecule has 1 aliphatic rings. The molecule has 1 saturated heterocycles.